The van der Waals surface area contributed by atoms with E-state index in [0.717, 1.165) is 23.3 Å². The van der Waals surface area contributed by atoms with Crippen LogP contribution in [0, 0.1) is 22.0 Å². The van der Waals surface area contributed by atoms with E-state index in [1.807, 2.05) is 38.1 Å². The number of phenols is 1. The molecule has 0 saturated carbocycles. The Kier molecular flexibility index (Phi) is 8.86. The van der Waals surface area contributed by atoms with Crippen molar-refractivity contribution < 1.29 is 33.9 Å². The number of carbonyl (C=O) groups excluding carboxylic acids is 4. The first kappa shape index (κ1) is 29.5. The zero-order valence-corrected chi connectivity index (χ0v) is 22.7. The largest absolute Gasteiger partial charge is 0.502 e. The molecule has 0 radical (unpaired) electrons. The topological polar surface area (TPSA) is 206 Å². The maximum Gasteiger partial charge on any atom is 0.310 e. The lowest BCUT2D eigenvalue weighted by Gasteiger charge is -2.25. The standard InChI is InChI=1S/C28H33N5O8/c1-14(2)13-30-27(37)23-24(41-23)28(38)31-19(9-15-7-8-21(34)20(10-15)33(39)40)26(36)32-22(25(29)35)18-11-16-5-3-4-6-17(16)12-18/h3-8,10,14,18-19,22-24,34H,9,11-13H2,1-2H3,(H2,29,35)(H,30,37)(H,31,38)(H,32,36)/t19-,22-,23+,24?/m1/s1. The van der Waals surface area contributed by atoms with E-state index < -0.39 is 64.3 Å². The highest BCUT2D eigenvalue weighted by atomic mass is 16.6. The first-order valence-corrected chi connectivity index (χ1v) is 13.3. The third-order valence-corrected chi connectivity index (χ3v) is 7.16. The second-order valence-corrected chi connectivity index (χ2v) is 10.8. The molecule has 1 saturated heterocycles. The van der Waals surface area contributed by atoms with Crippen molar-refractivity contribution >= 4 is 29.3 Å². The number of hydrogen-bond donors (Lipinski definition) is 5. The summed E-state index contributed by atoms with van der Waals surface area (Å²) in [4.78, 5) is 61.8. The predicted octanol–water partition coefficient (Wildman–Crippen LogP) is 0.252. The lowest BCUT2D eigenvalue weighted by Crippen LogP contribution is -2.56. The normalized spacial score (nSPS) is 19.1. The highest BCUT2D eigenvalue weighted by Crippen LogP contribution is 2.30. The molecule has 4 atom stereocenters. The monoisotopic (exact) mass is 567 g/mol. The third-order valence-electron chi connectivity index (χ3n) is 7.16. The Morgan fingerprint density at radius 2 is 1.68 bits per heavy atom. The van der Waals surface area contributed by atoms with Crippen molar-refractivity contribution in [2.24, 2.45) is 17.6 Å². The van der Waals surface area contributed by atoms with Crippen LogP contribution in [-0.4, -0.2) is 64.5 Å². The Hall–Kier alpha value is -4.52. The number of rotatable bonds is 12. The van der Waals surface area contributed by atoms with E-state index in [4.69, 9.17) is 10.5 Å². The number of benzene rings is 2. The average Bonchev–Trinajstić information content (AvgIpc) is 3.62. The number of amides is 4. The molecule has 1 aliphatic heterocycles. The summed E-state index contributed by atoms with van der Waals surface area (Å²) >= 11 is 0. The molecule has 41 heavy (non-hydrogen) atoms. The number of nitrogens with one attached hydrogen (secondary N) is 3. The number of fused-ring (bicyclic) bond motifs is 1. The molecule has 13 heteroatoms. The first-order chi connectivity index (χ1) is 19.4. The molecule has 13 nitrogen and oxygen atoms in total. The number of nitro benzene ring substituents is 1. The summed E-state index contributed by atoms with van der Waals surface area (Å²) in [5.74, 6) is -3.33. The van der Waals surface area contributed by atoms with Crippen molar-refractivity contribution in [1.82, 2.24) is 16.0 Å². The molecular weight excluding hydrogens is 534 g/mol. The summed E-state index contributed by atoms with van der Waals surface area (Å²) < 4.78 is 5.25. The van der Waals surface area contributed by atoms with Gasteiger partial charge in [-0.05, 0) is 47.4 Å². The first-order valence-electron chi connectivity index (χ1n) is 13.3. The van der Waals surface area contributed by atoms with Crippen molar-refractivity contribution in [3.8, 4) is 5.75 Å². The van der Waals surface area contributed by atoms with Gasteiger partial charge in [-0.15, -0.1) is 0 Å². The third kappa shape index (κ3) is 7.17. The van der Waals surface area contributed by atoms with E-state index in [0.29, 0.717) is 19.4 Å². The van der Waals surface area contributed by atoms with Crippen LogP contribution < -0.4 is 21.7 Å². The van der Waals surface area contributed by atoms with Crippen molar-refractivity contribution in [2.75, 3.05) is 6.54 Å². The Labute approximate surface area is 236 Å². The molecule has 1 heterocycles. The quantitative estimate of drug-likeness (QED) is 0.136. The van der Waals surface area contributed by atoms with Gasteiger partial charge in [0, 0.05) is 19.0 Å². The molecule has 0 bridgehead atoms. The molecule has 2 aromatic rings. The molecular formula is C28H33N5O8. The van der Waals surface area contributed by atoms with Crippen molar-refractivity contribution in [3.05, 3.63) is 69.3 Å². The Morgan fingerprint density at radius 1 is 1.05 bits per heavy atom. The fourth-order valence-corrected chi connectivity index (χ4v) is 4.96. The molecule has 1 fully saturated rings. The molecule has 2 aromatic carbocycles. The van der Waals surface area contributed by atoms with Crippen LogP contribution in [0.1, 0.15) is 30.5 Å². The van der Waals surface area contributed by atoms with Crippen molar-refractivity contribution in [3.63, 3.8) is 0 Å². The Morgan fingerprint density at radius 3 is 2.27 bits per heavy atom. The van der Waals surface area contributed by atoms with Crippen molar-refractivity contribution in [2.45, 2.75) is 57.4 Å². The van der Waals surface area contributed by atoms with Gasteiger partial charge in [-0.25, -0.2) is 0 Å². The second kappa shape index (κ2) is 12.3. The molecule has 4 amide bonds. The minimum atomic E-state index is -1.30. The van der Waals surface area contributed by atoms with Crippen molar-refractivity contribution in [1.29, 1.82) is 0 Å². The van der Waals surface area contributed by atoms with Gasteiger partial charge in [-0.2, -0.15) is 0 Å². The van der Waals surface area contributed by atoms with Crippen LogP contribution in [0.3, 0.4) is 0 Å². The van der Waals surface area contributed by atoms with Gasteiger partial charge in [0.15, 0.2) is 18.0 Å². The summed E-state index contributed by atoms with van der Waals surface area (Å²) in [5.41, 5.74) is 7.47. The maximum atomic E-state index is 13.5. The van der Waals surface area contributed by atoms with Crippen LogP contribution >= 0.6 is 0 Å². The molecule has 6 N–H and O–H groups in total. The van der Waals surface area contributed by atoms with E-state index in [9.17, 15) is 34.4 Å². The van der Waals surface area contributed by atoms with Crippen LogP contribution in [0.4, 0.5) is 5.69 Å². The number of aromatic hydroxyl groups is 1. The molecule has 218 valence electrons. The average molecular weight is 568 g/mol. The van der Waals surface area contributed by atoms with Crippen LogP contribution in [0.25, 0.3) is 0 Å². The Balaban J connectivity index is 1.50. The fraction of sp³-hybridized carbons (Fsp3) is 0.429. The smallest absolute Gasteiger partial charge is 0.310 e. The van der Waals surface area contributed by atoms with Crippen LogP contribution in [0.2, 0.25) is 0 Å². The maximum absolute atomic E-state index is 13.5. The van der Waals surface area contributed by atoms with E-state index in [-0.39, 0.29) is 23.8 Å². The molecule has 1 aliphatic carbocycles. The zero-order chi connectivity index (χ0) is 29.8. The van der Waals surface area contributed by atoms with E-state index in [1.165, 1.54) is 6.07 Å². The molecule has 2 aliphatic rings. The lowest BCUT2D eigenvalue weighted by atomic mass is 9.95. The van der Waals surface area contributed by atoms with Gasteiger partial charge in [-0.3, -0.25) is 29.3 Å². The van der Waals surface area contributed by atoms with Gasteiger partial charge in [0.05, 0.1) is 4.92 Å². The van der Waals surface area contributed by atoms with Crippen LogP contribution in [-0.2, 0) is 43.2 Å². The number of ether oxygens (including phenoxy) is 1. The van der Waals surface area contributed by atoms with Gasteiger partial charge in [-0.1, -0.05) is 44.2 Å². The van der Waals surface area contributed by atoms with E-state index in [2.05, 4.69) is 16.0 Å². The number of epoxide rings is 1. The summed E-state index contributed by atoms with van der Waals surface area (Å²) in [6, 6.07) is 8.90. The van der Waals surface area contributed by atoms with Gasteiger partial charge < -0.3 is 31.5 Å². The highest BCUT2D eigenvalue weighted by Gasteiger charge is 2.51. The molecule has 0 spiro atoms. The number of carbonyl (C=O) groups is 4. The second-order valence-electron chi connectivity index (χ2n) is 10.8. The lowest BCUT2D eigenvalue weighted by molar-refractivity contribution is -0.385. The molecule has 4 rings (SSSR count). The minimum absolute atomic E-state index is 0.193. The van der Waals surface area contributed by atoms with Gasteiger partial charge >= 0.3 is 5.69 Å². The van der Waals surface area contributed by atoms with E-state index >= 15 is 0 Å². The van der Waals surface area contributed by atoms with Gasteiger partial charge in [0.25, 0.3) is 11.8 Å². The summed E-state index contributed by atoms with van der Waals surface area (Å²) in [5, 5.41) is 29.0. The predicted molar refractivity (Wildman–Crippen MR) is 145 cm³/mol. The van der Waals surface area contributed by atoms with E-state index in [1.54, 1.807) is 0 Å². The number of phenolic OH excluding ortho intramolecular Hbond substituents is 1. The van der Waals surface area contributed by atoms with Crippen LogP contribution in [0.5, 0.6) is 5.75 Å². The summed E-state index contributed by atoms with van der Waals surface area (Å²) in [6.45, 7) is 4.23. The SMILES string of the molecule is CC(C)CNC(=O)[C@H]1OC1C(=O)N[C@H](Cc1ccc(O)c([N+](=O)[O-])c1)C(=O)N[C@@H](C(N)=O)C1Cc2ccccc2C1. The Bertz CT molecular complexity index is 1340. The number of nitrogens with two attached hydrogens (primary N) is 1. The number of nitrogens with zero attached hydrogens (tertiary/aromatic N) is 1. The zero-order valence-electron chi connectivity index (χ0n) is 22.7. The summed E-state index contributed by atoms with van der Waals surface area (Å²) in [6.07, 6.45) is -1.31. The fourth-order valence-electron chi connectivity index (χ4n) is 4.96. The van der Waals surface area contributed by atoms with Gasteiger partial charge in [0.1, 0.15) is 12.1 Å². The minimum Gasteiger partial charge on any atom is -0.502 e. The molecule has 0 aromatic heterocycles. The number of nitro groups is 1. The number of primary amides is 1. The summed E-state index contributed by atoms with van der Waals surface area (Å²) in [7, 11) is 0. The molecule has 1 unspecified atom stereocenters. The highest BCUT2D eigenvalue weighted by molar-refractivity contribution is 5.97. The van der Waals surface area contributed by atoms with Crippen LogP contribution in [0.15, 0.2) is 42.5 Å². The van der Waals surface area contributed by atoms with Gasteiger partial charge in [0.2, 0.25) is 11.8 Å². The number of hydrogen-bond acceptors (Lipinski definition) is 8.